The molecule has 144 valence electrons. The molecule has 2 aromatic heterocycles. The molecule has 0 saturated heterocycles. The number of rotatable bonds is 7. The van der Waals surface area contributed by atoms with Gasteiger partial charge in [0, 0.05) is 25.2 Å². The van der Waals surface area contributed by atoms with Gasteiger partial charge in [0.2, 0.25) is 0 Å². The number of benzene rings is 1. The standard InChI is InChI=1S/C19H24ClN5O2/c1-4-5-10-25-17-16(18(26)22-19(25)27)24(3)15(21-17)12-23(2)11-13-6-8-14(20)9-7-13/h6-9H,4-5,10-12H2,1-3H3,(H,22,26,27). The van der Waals surface area contributed by atoms with Crippen LogP contribution in [-0.4, -0.2) is 31.0 Å². The number of unbranched alkanes of at least 4 members (excludes halogenated alkanes) is 1. The van der Waals surface area contributed by atoms with Crippen LogP contribution in [0.2, 0.25) is 5.02 Å². The van der Waals surface area contributed by atoms with E-state index < -0.39 is 11.2 Å². The van der Waals surface area contributed by atoms with Crippen molar-refractivity contribution in [3.05, 3.63) is 61.5 Å². The summed E-state index contributed by atoms with van der Waals surface area (Å²) in [5.41, 5.74) is 1.22. The van der Waals surface area contributed by atoms with Gasteiger partial charge < -0.3 is 4.57 Å². The molecule has 0 aliphatic carbocycles. The molecule has 27 heavy (non-hydrogen) atoms. The zero-order valence-corrected chi connectivity index (χ0v) is 16.6. The van der Waals surface area contributed by atoms with Gasteiger partial charge in [-0.2, -0.15) is 0 Å². The van der Waals surface area contributed by atoms with Gasteiger partial charge in [0.15, 0.2) is 11.2 Å². The molecule has 0 aliphatic heterocycles. The molecule has 0 saturated carbocycles. The molecule has 0 unspecified atom stereocenters. The number of hydrogen-bond donors (Lipinski definition) is 1. The molecule has 0 bridgehead atoms. The highest BCUT2D eigenvalue weighted by atomic mass is 35.5. The SMILES string of the molecule is CCCCn1c(=O)[nH]c(=O)c2c1nc(CN(C)Cc1ccc(Cl)cc1)n2C. The van der Waals surface area contributed by atoms with Crippen molar-refractivity contribution >= 4 is 22.8 Å². The van der Waals surface area contributed by atoms with Gasteiger partial charge in [-0.3, -0.25) is 19.2 Å². The van der Waals surface area contributed by atoms with E-state index >= 15 is 0 Å². The number of H-pyrrole nitrogens is 1. The van der Waals surface area contributed by atoms with Gasteiger partial charge in [0.1, 0.15) is 5.82 Å². The van der Waals surface area contributed by atoms with Gasteiger partial charge in [0.25, 0.3) is 5.56 Å². The van der Waals surface area contributed by atoms with Gasteiger partial charge in [-0.05, 0) is 31.2 Å². The number of nitrogens with one attached hydrogen (secondary N) is 1. The van der Waals surface area contributed by atoms with Crippen molar-refractivity contribution in [3.8, 4) is 0 Å². The Morgan fingerprint density at radius 1 is 1.19 bits per heavy atom. The summed E-state index contributed by atoms with van der Waals surface area (Å²) >= 11 is 5.94. The van der Waals surface area contributed by atoms with Crippen LogP contribution in [0.4, 0.5) is 0 Å². The van der Waals surface area contributed by atoms with E-state index in [0.29, 0.717) is 29.3 Å². The zero-order valence-electron chi connectivity index (χ0n) is 15.8. The van der Waals surface area contributed by atoms with Gasteiger partial charge in [-0.25, -0.2) is 9.78 Å². The average molecular weight is 390 g/mol. The van der Waals surface area contributed by atoms with Gasteiger partial charge in [0.05, 0.1) is 6.54 Å². The van der Waals surface area contributed by atoms with Crippen molar-refractivity contribution in [1.29, 1.82) is 0 Å². The first kappa shape index (κ1) is 19.4. The van der Waals surface area contributed by atoms with Crippen LogP contribution in [-0.2, 0) is 26.7 Å². The minimum atomic E-state index is -0.403. The Morgan fingerprint density at radius 2 is 1.89 bits per heavy atom. The lowest BCUT2D eigenvalue weighted by Crippen LogP contribution is -2.31. The Labute approximate surface area is 162 Å². The highest BCUT2D eigenvalue weighted by Gasteiger charge is 2.17. The highest BCUT2D eigenvalue weighted by molar-refractivity contribution is 6.30. The van der Waals surface area contributed by atoms with Crippen LogP contribution in [0, 0.1) is 0 Å². The second kappa shape index (κ2) is 8.10. The van der Waals surface area contributed by atoms with Crippen LogP contribution in [0.15, 0.2) is 33.9 Å². The maximum absolute atomic E-state index is 12.3. The van der Waals surface area contributed by atoms with E-state index in [1.165, 1.54) is 0 Å². The predicted molar refractivity (Wildman–Crippen MR) is 107 cm³/mol. The molecule has 1 aromatic carbocycles. The number of hydrogen-bond acceptors (Lipinski definition) is 4. The van der Waals surface area contributed by atoms with E-state index in [2.05, 4.69) is 21.8 Å². The van der Waals surface area contributed by atoms with Crippen LogP contribution in [0.5, 0.6) is 0 Å². The molecule has 3 aromatic rings. The van der Waals surface area contributed by atoms with Crippen LogP contribution in [0.25, 0.3) is 11.2 Å². The number of fused-ring (bicyclic) bond motifs is 1. The van der Waals surface area contributed by atoms with E-state index in [4.69, 9.17) is 11.6 Å². The Balaban J connectivity index is 1.91. The van der Waals surface area contributed by atoms with E-state index in [0.717, 1.165) is 30.8 Å². The monoisotopic (exact) mass is 389 g/mol. The maximum Gasteiger partial charge on any atom is 0.330 e. The largest absolute Gasteiger partial charge is 0.330 e. The third-order valence-corrected chi connectivity index (χ3v) is 4.87. The molecule has 0 fully saturated rings. The number of halogens is 1. The molecular formula is C19H24ClN5O2. The summed E-state index contributed by atoms with van der Waals surface area (Å²) < 4.78 is 3.33. The summed E-state index contributed by atoms with van der Waals surface area (Å²) in [4.78, 5) is 33.7. The molecule has 0 atom stereocenters. The Hall–Kier alpha value is -2.38. The first-order valence-electron chi connectivity index (χ1n) is 9.02. The van der Waals surface area contributed by atoms with E-state index in [9.17, 15) is 9.59 Å². The minimum Gasteiger partial charge on any atom is -0.324 e. The lowest BCUT2D eigenvalue weighted by Gasteiger charge is -2.16. The molecule has 3 rings (SSSR count). The lowest BCUT2D eigenvalue weighted by molar-refractivity contribution is 0.307. The number of imidazole rings is 1. The smallest absolute Gasteiger partial charge is 0.324 e. The maximum atomic E-state index is 12.3. The van der Waals surface area contributed by atoms with Gasteiger partial charge >= 0.3 is 5.69 Å². The number of aromatic nitrogens is 4. The van der Waals surface area contributed by atoms with Crippen molar-refractivity contribution in [2.24, 2.45) is 7.05 Å². The van der Waals surface area contributed by atoms with Crippen molar-refractivity contribution in [2.75, 3.05) is 7.05 Å². The number of aromatic amines is 1. The van der Waals surface area contributed by atoms with Crippen LogP contribution in [0.3, 0.4) is 0 Å². The summed E-state index contributed by atoms with van der Waals surface area (Å²) in [6.45, 7) is 3.87. The van der Waals surface area contributed by atoms with Crippen LogP contribution in [0.1, 0.15) is 31.2 Å². The molecule has 0 aliphatic rings. The van der Waals surface area contributed by atoms with Crippen LogP contribution >= 0.6 is 11.6 Å². The highest BCUT2D eigenvalue weighted by Crippen LogP contribution is 2.14. The Kier molecular flexibility index (Phi) is 5.82. The third-order valence-electron chi connectivity index (χ3n) is 4.62. The average Bonchev–Trinajstić information content (AvgIpc) is 2.93. The van der Waals surface area contributed by atoms with Gasteiger partial charge in [-0.1, -0.05) is 37.1 Å². The molecule has 2 heterocycles. The summed E-state index contributed by atoms with van der Waals surface area (Å²) in [5.74, 6) is 0.739. The summed E-state index contributed by atoms with van der Waals surface area (Å²) in [6.07, 6.45) is 1.81. The fourth-order valence-corrected chi connectivity index (χ4v) is 3.28. The van der Waals surface area contributed by atoms with Crippen molar-refractivity contribution in [1.82, 2.24) is 24.0 Å². The molecule has 0 amide bonds. The van der Waals surface area contributed by atoms with Crippen molar-refractivity contribution in [2.45, 2.75) is 39.4 Å². The first-order valence-corrected chi connectivity index (χ1v) is 9.40. The quantitative estimate of drug-likeness (QED) is 0.673. The fraction of sp³-hybridized carbons (Fsp3) is 0.421. The number of aryl methyl sites for hydroxylation is 2. The summed E-state index contributed by atoms with van der Waals surface area (Å²) in [7, 11) is 3.80. The van der Waals surface area contributed by atoms with Crippen molar-refractivity contribution < 1.29 is 0 Å². The number of nitrogens with zero attached hydrogens (tertiary/aromatic N) is 4. The van der Waals surface area contributed by atoms with E-state index in [1.54, 1.807) is 9.13 Å². The molecule has 1 N–H and O–H groups in total. The lowest BCUT2D eigenvalue weighted by atomic mass is 10.2. The summed E-state index contributed by atoms with van der Waals surface area (Å²) in [6, 6.07) is 7.71. The molecular weight excluding hydrogens is 366 g/mol. The third kappa shape index (κ3) is 4.14. The van der Waals surface area contributed by atoms with Crippen molar-refractivity contribution in [3.63, 3.8) is 0 Å². The fourth-order valence-electron chi connectivity index (χ4n) is 3.16. The van der Waals surface area contributed by atoms with Gasteiger partial charge in [-0.15, -0.1) is 0 Å². The Morgan fingerprint density at radius 3 is 2.56 bits per heavy atom. The molecule has 0 radical (unpaired) electrons. The second-order valence-corrected chi connectivity index (χ2v) is 7.26. The van der Waals surface area contributed by atoms with E-state index in [-0.39, 0.29) is 0 Å². The van der Waals surface area contributed by atoms with Crippen LogP contribution < -0.4 is 11.2 Å². The predicted octanol–water partition coefficient (Wildman–Crippen LogP) is 2.51. The summed E-state index contributed by atoms with van der Waals surface area (Å²) in [5, 5.41) is 0.709. The Bertz CT molecular complexity index is 1050. The first-order chi connectivity index (χ1) is 12.9. The van der Waals surface area contributed by atoms with E-state index in [1.807, 2.05) is 38.4 Å². The molecule has 0 spiro atoms. The minimum absolute atomic E-state index is 0.399. The molecule has 7 nitrogen and oxygen atoms in total. The zero-order chi connectivity index (χ0) is 19.6. The topological polar surface area (TPSA) is 75.9 Å². The second-order valence-electron chi connectivity index (χ2n) is 6.82. The molecule has 8 heteroatoms. The normalized spacial score (nSPS) is 11.6.